The quantitative estimate of drug-likeness (QED) is 0.528. The molecule has 1 aromatic heterocycles. The SMILES string of the molecule is CC(C)c1nccn1CCC(=O)N(C)CCC[C@H]1C(=O)N(C)CCCCc2ccccc2OCC(=O)N1C. The number of aromatic nitrogens is 2. The lowest BCUT2D eigenvalue weighted by molar-refractivity contribution is -0.145. The van der Waals surface area contributed by atoms with Crippen LogP contribution in [0, 0.1) is 0 Å². The summed E-state index contributed by atoms with van der Waals surface area (Å²) in [5.41, 5.74) is 1.08. The average molecular weight is 526 g/mol. The molecule has 9 heteroatoms. The highest BCUT2D eigenvalue weighted by Crippen LogP contribution is 2.21. The number of fused-ring (bicyclic) bond motifs is 1. The molecule has 1 aliphatic heterocycles. The van der Waals surface area contributed by atoms with Gasteiger partial charge in [-0.1, -0.05) is 32.0 Å². The number of hydrogen-bond donors (Lipinski definition) is 0. The Morgan fingerprint density at radius 1 is 1.18 bits per heavy atom. The van der Waals surface area contributed by atoms with Gasteiger partial charge in [0, 0.05) is 65.5 Å². The lowest BCUT2D eigenvalue weighted by atomic mass is 10.1. The fourth-order valence-electron chi connectivity index (χ4n) is 4.84. The Kier molecular flexibility index (Phi) is 10.7. The minimum absolute atomic E-state index is 0.0447. The molecule has 9 nitrogen and oxygen atoms in total. The molecular formula is C29H43N5O4. The molecular weight excluding hydrogens is 482 g/mol. The molecule has 3 amide bonds. The van der Waals surface area contributed by atoms with Crippen molar-refractivity contribution in [3.8, 4) is 5.75 Å². The van der Waals surface area contributed by atoms with E-state index >= 15 is 0 Å². The highest BCUT2D eigenvalue weighted by molar-refractivity contribution is 5.88. The molecule has 1 aliphatic rings. The first-order valence-electron chi connectivity index (χ1n) is 13.6. The second-order valence-corrected chi connectivity index (χ2v) is 10.5. The van der Waals surface area contributed by atoms with E-state index in [1.165, 1.54) is 4.90 Å². The van der Waals surface area contributed by atoms with E-state index < -0.39 is 6.04 Å². The summed E-state index contributed by atoms with van der Waals surface area (Å²) in [5, 5.41) is 0. The van der Waals surface area contributed by atoms with E-state index in [-0.39, 0.29) is 24.3 Å². The van der Waals surface area contributed by atoms with Crippen molar-refractivity contribution in [2.45, 2.75) is 70.9 Å². The van der Waals surface area contributed by atoms with E-state index in [1.807, 2.05) is 35.0 Å². The smallest absolute Gasteiger partial charge is 0.260 e. The summed E-state index contributed by atoms with van der Waals surface area (Å²) in [4.78, 5) is 48.5. The molecule has 0 fully saturated rings. The fraction of sp³-hybridized carbons (Fsp3) is 0.586. The number of aryl methyl sites for hydroxylation is 2. The molecule has 0 bridgehead atoms. The van der Waals surface area contributed by atoms with Gasteiger partial charge in [0.1, 0.15) is 17.6 Å². The van der Waals surface area contributed by atoms with Crippen molar-refractivity contribution in [3.63, 3.8) is 0 Å². The van der Waals surface area contributed by atoms with Crippen molar-refractivity contribution >= 4 is 17.7 Å². The molecule has 38 heavy (non-hydrogen) atoms. The van der Waals surface area contributed by atoms with Gasteiger partial charge >= 0.3 is 0 Å². The Morgan fingerprint density at radius 2 is 1.95 bits per heavy atom. The number of carbonyl (C=O) groups is 3. The fourth-order valence-corrected chi connectivity index (χ4v) is 4.84. The number of carbonyl (C=O) groups excluding carboxylic acids is 3. The first-order chi connectivity index (χ1) is 18.2. The number of imidazole rings is 1. The molecule has 2 heterocycles. The molecule has 0 aliphatic carbocycles. The summed E-state index contributed by atoms with van der Waals surface area (Å²) < 4.78 is 7.90. The zero-order valence-corrected chi connectivity index (χ0v) is 23.6. The average Bonchev–Trinajstić information content (AvgIpc) is 3.39. The lowest BCUT2D eigenvalue weighted by Crippen LogP contribution is -2.50. The number of amides is 3. The number of para-hydroxylation sites is 1. The van der Waals surface area contributed by atoms with Gasteiger partial charge in [-0.3, -0.25) is 14.4 Å². The van der Waals surface area contributed by atoms with E-state index in [2.05, 4.69) is 18.8 Å². The molecule has 0 unspecified atom stereocenters. The van der Waals surface area contributed by atoms with Gasteiger partial charge in [-0.25, -0.2) is 4.98 Å². The summed E-state index contributed by atoms with van der Waals surface area (Å²) in [7, 11) is 5.26. The van der Waals surface area contributed by atoms with E-state index in [0.717, 1.165) is 36.4 Å². The van der Waals surface area contributed by atoms with Crippen LogP contribution in [0.25, 0.3) is 0 Å². The number of benzene rings is 1. The highest BCUT2D eigenvalue weighted by atomic mass is 16.5. The van der Waals surface area contributed by atoms with Crippen LogP contribution < -0.4 is 4.74 Å². The topological polar surface area (TPSA) is 88.0 Å². The molecule has 208 valence electrons. The Hall–Kier alpha value is -3.36. The third kappa shape index (κ3) is 7.82. The van der Waals surface area contributed by atoms with Crippen molar-refractivity contribution in [3.05, 3.63) is 48.0 Å². The summed E-state index contributed by atoms with van der Waals surface area (Å²) in [6, 6.07) is 7.19. The normalized spacial score (nSPS) is 17.4. The van der Waals surface area contributed by atoms with Crippen molar-refractivity contribution in [1.29, 1.82) is 0 Å². The van der Waals surface area contributed by atoms with Crippen molar-refractivity contribution < 1.29 is 19.1 Å². The maximum atomic E-state index is 13.4. The Labute approximate surface area is 226 Å². The van der Waals surface area contributed by atoms with Crippen LogP contribution in [0.1, 0.15) is 63.3 Å². The van der Waals surface area contributed by atoms with Crippen LogP contribution in [-0.4, -0.2) is 88.9 Å². The molecule has 0 saturated carbocycles. The highest BCUT2D eigenvalue weighted by Gasteiger charge is 2.29. The summed E-state index contributed by atoms with van der Waals surface area (Å²) >= 11 is 0. The molecule has 1 aromatic carbocycles. The first kappa shape index (κ1) is 29.2. The van der Waals surface area contributed by atoms with Gasteiger partial charge < -0.3 is 24.0 Å². The monoisotopic (exact) mass is 525 g/mol. The zero-order valence-electron chi connectivity index (χ0n) is 23.6. The molecule has 2 aromatic rings. The van der Waals surface area contributed by atoms with E-state index in [1.54, 1.807) is 37.1 Å². The Bertz CT molecular complexity index is 1080. The van der Waals surface area contributed by atoms with Crippen LogP contribution in [0.3, 0.4) is 0 Å². The second-order valence-electron chi connectivity index (χ2n) is 10.5. The number of ether oxygens (including phenoxy) is 1. The Balaban J connectivity index is 1.58. The van der Waals surface area contributed by atoms with Crippen molar-refractivity contribution in [2.24, 2.45) is 0 Å². The summed E-state index contributed by atoms with van der Waals surface area (Å²) in [6.07, 6.45) is 7.77. The molecule has 1 atom stereocenters. The number of likely N-dealkylation sites (N-methyl/N-ethyl adjacent to an activating group) is 2. The predicted octanol–water partition coefficient (Wildman–Crippen LogP) is 3.34. The number of hydrogen-bond acceptors (Lipinski definition) is 5. The van der Waals surface area contributed by atoms with Gasteiger partial charge in [0.15, 0.2) is 6.61 Å². The first-order valence-corrected chi connectivity index (χ1v) is 13.6. The van der Waals surface area contributed by atoms with Gasteiger partial charge in [0.05, 0.1) is 0 Å². The second kappa shape index (κ2) is 14.0. The standard InChI is InChI=1S/C29H43N5O4/c1-22(2)28-30-16-20-34(28)19-15-26(35)31(3)18-10-13-24-29(37)32(4)17-9-8-12-23-11-6-7-14-25(23)38-21-27(36)33(24)5/h6-7,11,14,16,20,22,24H,8-10,12-13,15,17-19,21H2,1-5H3/t24-/m0/s1. The predicted molar refractivity (Wildman–Crippen MR) is 147 cm³/mol. The van der Waals surface area contributed by atoms with Crippen molar-refractivity contribution in [1.82, 2.24) is 24.3 Å². The van der Waals surface area contributed by atoms with E-state index in [4.69, 9.17) is 4.74 Å². The number of nitrogens with zero attached hydrogens (tertiary/aromatic N) is 5. The van der Waals surface area contributed by atoms with Gasteiger partial charge in [-0.05, 0) is 43.7 Å². The van der Waals surface area contributed by atoms with Crippen LogP contribution in [0.4, 0.5) is 0 Å². The van der Waals surface area contributed by atoms with Crippen LogP contribution in [0.2, 0.25) is 0 Å². The van der Waals surface area contributed by atoms with Gasteiger partial charge in [0.2, 0.25) is 11.8 Å². The third-order valence-corrected chi connectivity index (χ3v) is 7.26. The van der Waals surface area contributed by atoms with Gasteiger partial charge in [-0.2, -0.15) is 0 Å². The zero-order chi connectivity index (χ0) is 27.7. The molecule has 0 N–H and O–H groups in total. The van der Waals surface area contributed by atoms with Crippen LogP contribution >= 0.6 is 0 Å². The number of rotatable bonds is 8. The summed E-state index contributed by atoms with van der Waals surface area (Å²) in [5.74, 6) is 1.72. The molecule has 3 rings (SSSR count). The largest absolute Gasteiger partial charge is 0.483 e. The molecule has 0 radical (unpaired) electrons. The maximum absolute atomic E-state index is 13.4. The maximum Gasteiger partial charge on any atom is 0.260 e. The van der Waals surface area contributed by atoms with Crippen LogP contribution in [0.5, 0.6) is 5.75 Å². The van der Waals surface area contributed by atoms with E-state index in [0.29, 0.717) is 44.8 Å². The molecule has 0 saturated heterocycles. The molecule has 0 spiro atoms. The lowest BCUT2D eigenvalue weighted by Gasteiger charge is -2.31. The van der Waals surface area contributed by atoms with Crippen LogP contribution in [-0.2, 0) is 27.3 Å². The van der Waals surface area contributed by atoms with Gasteiger partial charge in [0.25, 0.3) is 5.91 Å². The Morgan fingerprint density at radius 3 is 2.71 bits per heavy atom. The minimum atomic E-state index is -0.602. The van der Waals surface area contributed by atoms with Crippen LogP contribution in [0.15, 0.2) is 36.7 Å². The van der Waals surface area contributed by atoms with E-state index in [9.17, 15) is 14.4 Å². The summed E-state index contributed by atoms with van der Waals surface area (Å²) in [6.45, 7) is 5.78. The van der Waals surface area contributed by atoms with Crippen molar-refractivity contribution in [2.75, 3.05) is 40.8 Å². The third-order valence-electron chi connectivity index (χ3n) is 7.26. The van der Waals surface area contributed by atoms with Gasteiger partial charge in [-0.15, -0.1) is 0 Å². The minimum Gasteiger partial charge on any atom is -0.483 e.